The van der Waals surface area contributed by atoms with Gasteiger partial charge in [0.1, 0.15) is 0 Å². The van der Waals surface area contributed by atoms with E-state index in [9.17, 15) is 14.4 Å². The van der Waals surface area contributed by atoms with Crippen LogP contribution in [0.15, 0.2) is 42.5 Å². The number of carbonyl (C=O) groups is 3. The van der Waals surface area contributed by atoms with Crippen molar-refractivity contribution in [2.45, 2.75) is 32.6 Å². The molecule has 0 aliphatic carbocycles. The fraction of sp³-hybridized carbons (Fsp3) is 0.407. The Morgan fingerprint density at radius 1 is 1.08 bits per heavy atom. The number of amides is 3. The van der Waals surface area contributed by atoms with Crippen LogP contribution in [0.1, 0.15) is 42.1 Å². The van der Waals surface area contributed by atoms with E-state index in [2.05, 4.69) is 17.9 Å². The average Bonchev–Trinajstić information content (AvgIpc) is 3.49. The van der Waals surface area contributed by atoms with Gasteiger partial charge in [0.25, 0.3) is 5.91 Å². The highest BCUT2D eigenvalue weighted by Gasteiger charge is 2.31. The molecule has 3 amide bonds. The Morgan fingerprint density at radius 2 is 1.83 bits per heavy atom. The lowest BCUT2D eigenvalue weighted by Crippen LogP contribution is -2.39. The van der Waals surface area contributed by atoms with Crippen LogP contribution in [0.2, 0.25) is 0 Å². The highest BCUT2D eigenvalue weighted by atomic mass is 32.1. The Balaban J connectivity index is 1.44. The number of imide groups is 1. The first-order valence-electron chi connectivity index (χ1n) is 12.5. The zero-order chi connectivity index (χ0) is 25.1. The molecular formula is C27H30N4O4S. The molecule has 3 heterocycles. The molecule has 0 atom stereocenters. The van der Waals surface area contributed by atoms with Gasteiger partial charge in [-0.15, -0.1) is 0 Å². The summed E-state index contributed by atoms with van der Waals surface area (Å²) < 4.78 is 6.50. The molecule has 0 N–H and O–H groups in total. The smallest absolute Gasteiger partial charge is 0.260 e. The van der Waals surface area contributed by atoms with Gasteiger partial charge in [-0.2, -0.15) is 0 Å². The Kier molecular flexibility index (Phi) is 7.41. The molecule has 8 nitrogen and oxygen atoms in total. The summed E-state index contributed by atoms with van der Waals surface area (Å²) in [6, 6.07) is 12.9. The van der Waals surface area contributed by atoms with Gasteiger partial charge < -0.3 is 4.74 Å². The standard InChI is InChI=1S/C27H30N4O4S/c1-2-19-6-4-9-22-25(19)28-27(36-22)30(13-5-12-29-14-16-35-17-15-29)26(34)20-7-3-8-21(18-20)31-23(32)10-11-24(31)33/h3-4,6-9,18H,2,5,10-17H2,1H3. The number of hydrogen-bond acceptors (Lipinski definition) is 7. The Hall–Kier alpha value is -3.14. The van der Waals surface area contributed by atoms with Gasteiger partial charge in [-0.25, -0.2) is 4.98 Å². The van der Waals surface area contributed by atoms with Gasteiger partial charge in [-0.1, -0.05) is 36.5 Å². The minimum atomic E-state index is -0.231. The second-order valence-corrected chi connectivity index (χ2v) is 10.1. The van der Waals surface area contributed by atoms with Crippen molar-refractivity contribution in [3.8, 4) is 0 Å². The van der Waals surface area contributed by atoms with Crippen LogP contribution in [0, 0.1) is 0 Å². The van der Waals surface area contributed by atoms with Crippen molar-refractivity contribution in [3.05, 3.63) is 53.6 Å². The topological polar surface area (TPSA) is 83.0 Å². The van der Waals surface area contributed by atoms with Gasteiger partial charge in [0, 0.05) is 44.6 Å². The molecule has 5 rings (SSSR count). The van der Waals surface area contributed by atoms with Gasteiger partial charge in [0.2, 0.25) is 11.8 Å². The number of anilines is 2. The summed E-state index contributed by atoms with van der Waals surface area (Å²) in [4.78, 5) is 48.6. The van der Waals surface area contributed by atoms with Crippen molar-refractivity contribution in [3.63, 3.8) is 0 Å². The number of hydrogen-bond donors (Lipinski definition) is 0. The zero-order valence-corrected chi connectivity index (χ0v) is 21.3. The van der Waals surface area contributed by atoms with Crippen LogP contribution >= 0.6 is 11.3 Å². The molecule has 2 fully saturated rings. The lowest BCUT2D eigenvalue weighted by atomic mass is 10.1. The van der Waals surface area contributed by atoms with Gasteiger partial charge in [-0.3, -0.25) is 29.1 Å². The monoisotopic (exact) mass is 506 g/mol. The van der Waals surface area contributed by atoms with Crippen molar-refractivity contribution < 1.29 is 19.1 Å². The average molecular weight is 507 g/mol. The highest BCUT2D eigenvalue weighted by molar-refractivity contribution is 7.22. The van der Waals surface area contributed by atoms with Crippen molar-refractivity contribution in [2.75, 3.05) is 49.2 Å². The van der Waals surface area contributed by atoms with Crippen LogP contribution in [0.25, 0.3) is 10.2 Å². The largest absolute Gasteiger partial charge is 0.379 e. The van der Waals surface area contributed by atoms with E-state index in [1.807, 2.05) is 12.1 Å². The van der Waals surface area contributed by atoms with Gasteiger partial charge >= 0.3 is 0 Å². The molecule has 2 aliphatic heterocycles. The zero-order valence-electron chi connectivity index (χ0n) is 20.4. The molecule has 2 saturated heterocycles. The van der Waals surface area contributed by atoms with Crippen molar-refractivity contribution >= 4 is 50.1 Å². The number of thiazole rings is 1. The minimum absolute atomic E-state index is 0.185. The molecule has 0 saturated carbocycles. The number of benzene rings is 2. The minimum Gasteiger partial charge on any atom is -0.379 e. The van der Waals surface area contributed by atoms with Crippen LogP contribution in [0.4, 0.5) is 10.8 Å². The third kappa shape index (κ3) is 5.04. The summed E-state index contributed by atoms with van der Waals surface area (Å²) in [7, 11) is 0. The molecule has 9 heteroatoms. The second-order valence-electron chi connectivity index (χ2n) is 9.05. The van der Waals surface area contributed by atoms with Gasteiger partial charge in [0.15, 0.2) is 5.13 Å². The number of morpholine rings is 1. The number of aryl methyl sites for hydroxylation is 1. The number of fused-ring (bicyclic) bond motifs is 1. The Bertz CT molecular complexity index is 1270. The van der Waals surface area contributed by atoms with Gasteiger partial charge in [-0.05, 0) is 42.7 Å². The summed E-state index contributed by atoms with van der Waals surface area (Å²) >= 11 is 1.52. The van der Waals surface area contributed by atoms with Crippen molar-refractivity contribution in [1.29, 1.82) is 0 Å². The quantitative estimate of drug-likeness (QED) is 0.431. The van der Waals surface area contributed by atoms with E-state index in [0.717, 1.165) is 61.5 Å². The summed E-state index contributed by atoms with van der Waals surface area (Å²) in [6.07, 6.45) is 2.07. The fourth-order valence-corrected chi connectivity index (χ4v) is 5.79. The predicted molar refractivity (Wildman–Crippen MR) is 141 cm³/mol. The number of aromatic nitrogens is 1. The highest BCUT2D eigenvalue weighted by Crippen LogP contribution is 2.32. The first kappa shape index (κ1) is 24.5. The third-order valence-electron chi connectivity index (χ3n) is 6.71. The number of rotatable bonds is 8. The summed E-state index contributed by atoms with van der Waals surface area (Å²) in [5.74, 6) is -0.648. The third-order valence-corrected chi connectivity index (χ3v) is 7.75. The van der Waals surface area contributed by atoms with Crippen LogP contribution in [0.3, 0.4) is 0 Å². The molecule has 0 spiro atoms. The predicted octanol–water partition coefficient (Wildman–Crippen LogP) is 3.88. The molecule has 2 aliphatic rings. The first-order valence-corrected chi connectivity index (χ1v) is 13.3. The van der Waals surface area contributed by atoms with E-state index in [1.54, 1.807) is 29.2 Å². The molecule has 3 aromatic rings. The van der Waals surface area contributed by atoms with Crippen LogP contribution in [0.5, 0.6) is 0 Å². The maximum Gasteiger partial charge on any atom is 0.260 e. The molecule has 0 radical (unpaired) electrons. The van der Waals surface area contributed by atoms with Crippen LogP contribution < -0.4 is 9.80 Å². The lowest BCUT2D eigenvalue weighted by Gasteiger charge is -2.28. The molecule has 0 unspecified atom stereocenters. The second kappa shape index (κ2) is 10.9. The maximum absolute atomic E-state index is 13.9. The van der Waals surface area contributed by atoms with Crippen molar-refractivity contribution in [1.82, 2.24) is 9.88 Å². The molecule has 0 bridgehead atoms. The number of carbonyl (C=O) groups excluding carboxylic acids is 3. The summed E-state index contributed by atoms with van der Waals surface area (Å²) in [5, 5.41) is 0.664. The van der Waals surface area contributed by atoms with E-state index >= 15 is 0 Å². The maximum atomic E-state index is 13.9. The van der Waals surface area contributed by atoms with Crippen LogP contribution in [-0.4, -0.2) is 67.0 Å². The van der Waals surface area contributed by atoms with E-state index in [0.29, 0.717) is 22.9 Å². The number of para-hydroxylation sites is 1. The lowest BCUT2D eigenvalue weighted by molar-refractivity contribution is -0.121. The number of ether oxygens (including phenoxy) is 1. The summed E-state index contributed by atoms with van der Waals surface area (Å²) in [5.41, 5.74) is 2.97. The molecule has 36 heavy (non-hydrogen) atoms. The number of nitrogens with zero attached hydrogens (tertiary/aromatic N) is 4. The van der Waals surface area contributed by atoms with Gasteiger partial charge in [0.05, 0.1) is 29.1 Å². The normalized spacial score (nSPS) is 16.8. The first-order chi connectivity index (χ1) is 17.5. The van der Waals surface area contributed by atoms with E-state index in [1.165, 1.54) is 16.2 Å². The summed E-state index contributed by atoms with van der Waals surface area (Å²) in [6.45, 7) is 6.76. The Labute approximate surface area is 214 Å². The van der Waals surface area contributed by atoms with Crippen LogP contribution in [-0.2, 0) is 20.7 Å². The fourth-order valence-electron chi connectivity index (χ4n) is 4.75. The molecule has 1 aromatic heterocycles. The molecular weight excluding hydrogens is 476 g/mol. The van der Waals surface area contributed by atoms with Crippen molar-refractivity contribution in [2.24, 2.45) is 0 Å². The Morgan fingerprint density at radius 3 is 2.58 bits per heavy atom. The SMILES string of the molecule is CCc1cccc2sc(N(CCCN3CCOCC3)C(=O)c3cccc(N4C(=O)CCC4=O)c3)nc12. The van der Waals surface area contributed by atoms with E-state index in [-0.39, 0.29) is 30.6 Å². The van der Waals surface area contributed by atoms with E-state index < -0.39 is 0 Å². The molecule has 2 aromatic carbocycles. The molecule has 188 valence electrons. The van der Waals surface area contributed by atoms with E-state index in [4.69, 9.17) is 9.72 Å².